The van der Waals surface area contributed by atoms with E-state index in [2.05, 4.69) is 5.32 Å². The number of rotatable bonds is 7. The molecule has 0 aliphatic heterocycles. The Morgan fingerprint density at radius 1 is 1.41 bits per heavy atom. The molecule has 0 aliphatic carbocycles. The Kier molecular flexibility index (Phi) is 5.29. The van der Waals surface area contributed by atoms with Crippen LogP contribution in [0.15, 0.2) is 24.3 Å². The van der Waals surface area contributed by atoms with Crippen molar-refractivity contribution < 1.29 is 14.3 Å². The number of nitrogens with two attached hydrogens (primary N) is 1. The van der Waals surface area contributed by atoms with Crippen LogP contribution in [0.4, 0.5) is 0 Å². The molecule has 5 heteroatoms. The first kappa shape index (κ1) is 13.3. The summed E-state index contributed by atoms with van der Waals surface area (Å²) >= 11 is 0. The minimum atomic E-state index is -0.373. The Morgan fingerprint density at radius 3 is 2.65 bits per heavy atom. The lowest BCUT2D eigenvalue weighted by atomic mass is 10.3. The zero-order valence-corrected chi connectivity index (χ0v) is 10.1. The second kappa shape index (κ2) is 6.75. The van der Waals surface area contributed by atoms with Crippen molar-refractivity contribution >= 4 is 5.91 Å². The highest BCUT2D eigenvalue weighted by molar-refractivity contribution is 5.79. The van der Waals surface area contributed by atoms with Crippen LogP contribution in [0.3, 0.4) is 0 Å². The maximum atomic E-state index is 10.8. The summed E-state index contributed by atoms with van der Waals surface area (Å²) < 4.78 is 10.7. The van der Waals surface area contributed by atoms with Crippen molar-refractivity contribution in [1.82, 2.24) is 5.32 Å². The number of ether oxygens (including phenoxy) is 2. The van der Waals surface area contributed by atoms with Gasteiger partial charge in [-0.1, -0.05) is 12.1 Å². The predicted octanol–water partition coefficient (Wildman–Crippen LogP) is 0.537. The molecule has 17 heavy (non-hydrogen) atoms. The lowest BCUT2D eigenvalue weighted by molar-refractivity contribution is -0.119. The van der Waals surface area contributed by atoms with E-state index in [1.807, 2.05) is 24.3 Å². The normalized spacial score (nSPS) is 11.9. The maximum absolute atomic E-state index is 10.8. The van der Waals surface area contributed by atoms with Gasteiger partial charge in [0.15, 0.2) is 11.5 Å². The van der Waals surface area contributed by atoms with Crippen LogP contribution in [0.1, 0.15) is 6.92 Å². The topological polar surface area (TPSA) is 73.6 Å². The number of primary amides is 1. The molecule has 0 heterocycles. The highest BCUT2D eigenvalue weighted by Crippen LogP contribution is 2.25. The Balaban J connectivity index is 2.33. The molecule has 1 atom stereocenters. The molecule has 5 nitrogen and oxygen atoms in total. The average molecular weight is 238 g/mol. The molecule has 0 bridgehead atoms. The highest BCUT2D eigenvalue weighted by Gasteiger charge is 2.07. The Bertz CT molecular complexity index is 369. The molecule has 0 fully saturated rings. The van der Waals surface area contributed by atoms with Crippen molar-refractivity contribution in [1.29, 1.82) is 0 Å². The molecule has 0 spiro atoms. The van der Waals surface area contributed by atoms with Gasteiger partial charge < -0.3 is 20.5 Å². The minimum Gasteiger partial charge on any atom is -0.493 e. The fraction of sp³-hybridized carbons (Fsp3) is 0.417. The third-order valence-electron chi connectivity index (χ3n) is 2.31. The number of amides is 1. The van der Waals surface area contributed by atoms with E-state index in [1.165, 1.54) is 0 Å². The lowest BCUT2D eigenvalue weighted by Gasteiger charge is -2.12. The van der Waals surface area contributed by atoms with E-state index in [-0.39, 0.29) is 11.9 Å². The molecule has 3 N–H and O–H groups in total. The van der Waals surface area contributed by atoms with Crippen LogP contribution in [0.25, 0.3) is 0 Å². The SMILES string of the molecule is COc1ccccc1OCCNC(C)C(N)=O. The number of carbonyl (C=O) groups excluding carboxylic acids is 1. The molecule has 0 aromatic heterocycles. The van der Waals surface area contributed by atoms with Crippen LogP contribution in [-0.4, -0.2) is 32.2 Å². The number of hydrogen-bond acceptors (Lipinski definition) is 4. The average Bonchev–Trinajstić information content (AvgIpc) is 2.34. The number of nitrogens with one attached hydrogen (secondary N) is 1. The third-order valence-corrected chi connectivity index (χ3v) is 2.31. The number of para-hydroxylation sites is 2. The Labute approximate surface area is 101 Å². The van der Waals surface area contributed by atoms with Crippen molar-refractivity contribution in [2.75, 3.05) is 20.3 Å². The van der Waals surface area contributed by atoms with E-state index in [0.717, 1.165) is 0 Å². The second-order valence-electron chi connectivity index (χ2n) is 3.58. The molecule has 0 aliphatic rings. The summed E-state index contributed by atoms with van der Waals surface area (Å²) in [4.78, 5) is 10.8. The van der Waals surface area contributed by atoms with E-state index < -0.39 is 0 Å². The monoisotopic (exact) mass is 238 g/mol. The summed E-state index contributed by atoms with van der Waals surface area (Å²) in [6.07, 6.45) is 0. The molecular weight excluding hydrogens is 220 g/mol. The van der Waals surface area contributed by atoms with Crippen LogP contribution in [0.5, 0.6) is 11.5 Å². The molecule has 0 radical (unpaired) electrons. The van der Waals surface area contributed by atoms with Crippen LogP contribution in [-0.2, 0) is 4.79 Å². The van der Waals surface area contributed by atoms with Crippen molar-refractivity contribution in [2.45, 2.75) is 13.0 Å². The van der Waals surface area contributed by atoms with E-state index in [1.54, 1.807) is 14.0 Å². The summed E-state index contributed by atoms with van der Waals surface area (Å²) in [5, 5.41) is 2.95. The fourth-order valence-electron chi connectivity index (χ4n) is 1.28. The van der Waals surface area contributed by atoms with Gasteiger partial charge in [0.2, 0.25) is 5.91 Å². The highest BCUT2D eigenvalue weighted by atomic mass is 16.5. The third kappa shape index (κ3) is 4.32. The Hall–Kier alpha value is -1.75. The summed E-state index contributed by atoms with van der Waals surface area (Å²) in [6.45, 7) is 2.70. The van der Waals surface area contributed by atoms with Gasteiger partial charge in [0, 0.05) is 6.54 Å². The zero-order valence-electron chi connectivity index (χ0n) is 10.1. The molecule has 1 rings (SSSR count). The van der Waals surface area contributed by atoms with Gasteiger partial charge in [-0.2, -0.15) is 0 Å². The molecule has 1 amide bonds. The minimum absolute atomic E-state index is 0.351. The molecule has 94 valence electrons. The maximum Gasteiger partial charge on any atom is 0.234 e. The lowest BCUT2D eigenvalue weighted by Crippen LogP contribution is -2.40. The van der Waals surface area contributed by atoms with Crippen LogP contribution < -0.4 is 20.5 Å². The van der Waals surface area contributed by atoms with E-state index in [9.17, 15) is 4.79 Å². The van der Waals surface area contributed by atoms with Crippen molar-refractivity contribution in [2.24, 2.45) is 5.73 Å². The van der Waals surface area contributed by atoms with E-state index >= 15 is 0 Å². The molecule has 1 aromatic carbocycles. The first-order valence-corrected chi connectivity index (χ1v) is 5.43. The molecule has 0 saturated heterocycles. The van der Waals surface area contributed by atoms with Crippen LogP contribution in [0.2, 0.25) is 0 Å². The quantitative estimate of drug-likeness (QED) is 0.680. The summed E-state index contributed by atoms with van der Waals surface area (Å²) in [6, 6.07) is 7.05. The number of benzene rings is 1. The van der Waals surface area contributed by atoms with Crippen molar-refractivity contribution in [3.63, 3.8) is 0 Å². The van der Waals surface area contributed by atoms with Crippen molar-refractivity contribution in [3.05, 3.63) is 24.3 Å². The van der Waals surface area contributed by atoms with Gasteiger partial charge in [0.25, 0.3) is 0 Å². The largest absolute Gasteiger partial charge is 0.493 e. The standard InChI is InChI=1S/C12H18N2O3/c1-9(12(13)15)14-7-8-17-11-6-4-3-5-10(11)16-2/h3-6,9,14H,7-8H2,1-2H3,(H2,13,15). The van der Waals surface area contributed by atoms with Crippen molar-refractivity contribution in [3.8, 4) is 11.5 Å². The van der Waals surface area contributed by atoms with Gasteiger partial charge in [0.1, 0.15) is 6.61 Å². The fourth-order valence-corrected chi connectivity index (χ4v) is 1.28. The molecular formula is C12H18N2O3. The summed E-state index contributed by atoms with van der Waals surface area (Å²) in [7, 11) is 1.59. The van der Waals surface area contributed by atoms with Gasteiger partial charge in [-0.3, -0.25) is 4.79 Å². The first-order chi connectivity index (χ1) is 8.15. The second-order valence-corrected chi connectivity index (χ2v) is 3.58. The summed E-state index contributed by atoms with van der Waals surface area (Å²) in [5.74, 6) is 1.00. The number of carbonyl (C=O) groups is 1. The molecule has 1 aromatic rings. The molecule has 0 saturated carbocycles. The smallest absolute Gasteiger partial charge is 0.234 e. The number of hydrogen-bond donors (Lipinski definition) is 2. The van der Waals surface area contributed by atoms with Gasteiger partial charge in [0.05, 0.1) is 13.2 Å². The van der Waals surface area contributed by atoms with E-state index in [0.29, 0.717) is 24.7 Å². The van der Waals surface area contributed by atoms with Crippen LogP contribution in [0, 0.1) is 0 Å². The number of methoxy groups -OCH3 is 1. The Morgan fingerprint density at radius 2 is 2.06 bits per heavy atom. The summed E-state index contributed by atoms with van der Waals surface area (Å²) in [5.41, 5.74) is 5.11. The molecule has 1 unspecified atom stereocenters. The van der Waals surface area contributed by atoms with Gasteiger partial charge in [-0.15, -0.1) is 0 Å². The van der Waals surface area contributed by atoms with Gasteiger partial charge >= 0.3 is 0 Å². The zero-order chi connectivity index (χ0) is 12.7. The van der Waals surface area contributed by atoms with Crippen LogP contribution >= 0.6 is 0 Å². The van der Waals surface area contributed by atoms with Gasteiger partial charge in [-0.05, 0) is 19.1 Å². The van der Waals surface area contributed by atoms with E-state index in [4.69, 9.17) is 15.2 Å². The predicted molar refractivity (Wildman–Crippen MR) is 65.1 cm³/mol. The first-order valence-electron chi connectivity index (χ1n) is 5.43. The van der Waals surface area contributed by atoms with Gasteiger partial charge in [-0.25, -0.2) is 0 Å².